The van der Waals surface area contributed by atoms with Crippen LogP contribution in [0.2, 0.25) is 0 Å². The fourth-order valence-electron chi connectivity index (χ4n) is 1.95. The lowest BCUT2D eigenvalue weighted by molar-refractivity contribution is 0.103. The summed E-state index contributed by atoms with van der Waals surface area (Å²) in [6, 6.07) is 12.8. The Morgan fingerprint density at radius 2 is 1.95 bits per heavy atom. The van der Waals surface area contributed by atoms with Gasteiger partial charge in [-0.3, -0.25) is 4.79 Å². The Bertz CT molecular complexity index is 773. The maximum Gasteiger partial charge on any atom is 0.266 e. The molecule has 3 aromatic rings. The number of aromatic nitrogens is 2. The molecule has 1 aromatic carbocycles. The predicted octanol–water partition coefficient (Wildman–Crippen LogP) is 3.08. The summed E-state index contributed by atoms with van der Waals surface area (Å²) < 4.78 is 1.66. The third kappa shape index (κ3) is 2.80. The first kappa shape index (κ1) is 13.4. The molecular weight excluding hydrogens is 284 g/mol. The normalized spacial score (nSPS) is 10.5. The first-order valence-corrected chi connectivity index (χ1v) is 7.23. The molecule has 21 heavy (non-hydrogen) atoms. The summed E-state index contributed by atoms with van der Waals surface area (Å²) in [5, 5.41) is 7.11. The van der Waals surface area contributed by atoms with E-state index in [-0.39, 0.29) is 5.91 Å². The van der Waals surface area contributed by atoms with Gasteiger partial charge in [-0.25, -0.2) is 4.68 Å². The van der Waals surface area contributed by atoms with Crippen LogP contribution >= 0.6 is 11.3 Å². The number of rotatable bonds is 3. The third-order valence-corrected chi connectivity index (χ3v) is 3.99. The van der Waals surface area contributed by atoms with E-state index in [2.05, 4.69) is 10.4 Å². The predicted molar refractivity (Wildman–Crippen MR) is 85.0 cm³/mol. The number of benzene rings is 1. The molecule has 0 aliphatic carbocycles. The van der Waals surface area contributed by atoms with Crippen LogP contribution in [0.25, 0.3) is 5.69 Å². The minimum absolute atomic E-state index is 0.134. The van der Waals surface area contributed by atoms with Crippen molar-refractivity contribution >= 4 is 28.7 Å². The number of carbonyl (C=O) groups is 1. The van der Waals surface area contributed by atoms with E-state index in [1.54, 1.807) is 29.1 Å². The van der Waals surface area contributed by atoms with Gasteiger partial charge in [0.1, 0.15) is 5.82 Å². The summed E-state index contributed by atoms with van der Waals surface area (Å²) in [6.45, 7) is 1.97. The van der Waals surface area contributed by atoms with E-state index in [9.17, 15) is 4.79 Å². The van der Waals surface area contributed by atoms with E-state index >= 15 is 0 Å². The highest BCUT2D eigenvalue weighted by Crippen LogP contribution is 2.19. The Kier molecular flexibility index (Phi) is 3.45. The molecule has 106 valence electrons. The second kappa shape index (κ2) is 5.41. The number of aryl methyl sites for hydroxylation is 1. The van der Waals surface area contributed by atoms with Gasteiger partial charge in [0.2, 0.25) is 0 Å². The van der Waals surface area contributed by atoms with Crippen molar-refractivity contribution in [3.63, 3.8) is 0 Å². The number of anilines is 2. The number of nitrogens with two attached hydrogens (primary N) is 1. The highest BCUT2D eigenvalue weighted by Gasteiger charge is 2.12. The average molecular weight is 298 g/mol. The first-order valence-electron chi connectivity index (χ1n) is 6.41. The molecule has 0 atom stereocenters. The van der Waals surface area contributed by atoms with Crippen molar-refractivity contribution in [3.8, 4) is 5.69 Å². The van der Waals surface area contributed by atoms with E-state index in [1.165, 1.54) is 11.3 Å². The van der Waals surface area contributed by atoms with Gasteiger partial charge in [-0.2, -0.15) is 5.10 Å². The summed E-state index contributed by atoms with van der Waals surface area (Å²) in [7, 11) is 0. The van der Waals surface area contributed by atoms with Crippen LogP contribution in [0.15, 0.2) is 48.7 Å². The molecule has 1 amide bonds. The number of nitrogens with zero attached hydrogens (tertiary/aromatic N) is 2. The maximum absolute atomic E-state index is 12.2. The molecule has 0 spiro atoms. The molecule has 5 nitrogen and oxygen atoms in total. The Morgan fingerprint density at radius 1 is 1.19 bits per heavy atom. The number of hydrogen-bond donors (Lipinski definition) is 2. The fraction of sp³-hybridized carbons (Fsp3) is 0.0667. The Morgan fingerprint density at radius 3 is 2.62 bits per heavy atom. The van der Waals surface area contributed by atoms with Crippen molar-refractivity contribution in [3.05, 3.63) is 58.4 Å². The van der Waals surface area contributed by atoms with E-state index < -0.39 is 0 Å². The zero-order chi connectivity index (χ0) is 14.8. The highest BCUT2D eigenvalue weighted by molar-refractivity contribution is 7.14. The molecule has 0 fully saturated rings. The van der Waals surface area contributed by atoms with Crippen LogP contribution in [0.3, 0.4) is 0 Å². The number of thiophene rings is 1. The quantitative estimate of drug-likeness (QED) is 0.730. The number of hydrogen-bond acceptors (Lipinski definition) is 4. The van der Waals surface area contributed by atoms with Crippen molar-refractivity contribution in [2.45, 2.75) is 6.92 Å². The van der Waals surface area contributed by atoms with Crippen molar-refractivity contribution < 1.29 is 4.79 Å². The SMILES string of the molecule is Cc1ccc(C(=O)Nc2ccnn2-c2ccc(N)cc2)s1. The van der Waals surface area contributed by atoms with Crippen LogP contribution in [-0.4, -0.2) is 15.7 Å². The molecule has 3 rings (SSSR count). The van der Waals surface area contributed by atoms with E-state index in [0.717, 1.165) is 10.6 Å². The van der Waals surface area contributed by atoms with Gasteiger partial charge in [0.15, 0.2) is 0 Å². The molecule has 2 heterocycles. The molecule has 0 saturated carbocycles. The minimum Gasteiger partial charge on any atom is -0.399 e. The highest BCUT2D eigenvalue weighted by atomic mass is 32.1. The summed E-state index contributed by atoms with van der Waals surface area (Å²) >= 11 is 1.46. The van der Waals surface area contributed by atoms with Gasteiger partial charge >= 0.3 is 0 Å². The molecule has 0 aliphatic rings. The zero-order valence-electron chi connectivity index (χ0n) is 11.4. The summed E-state index contributed by atoms with van der Waals surface area (Å²) in [5.74, 6) is 0.487. The minimum atomic E-state index is -0.134. The molecule has 0 aliphatic heterocycles. The Hall–Kier alpha value is -2.60. The summed E-state index contributed by atoms with van der Waals surface area (Å²) in [4.78, 5) is 14.0. The number of nitrogens with one attached hydrogen (secondary N) is 1. The lowest BCUT2D eigenvalue weighted by Gasteiger charge is -2.08. The second-order valence-electron chi connectivity index (χ2n) is 4.58. The van der Waals surface area contributed by atoms with Crippen molar-refractivity contribution in [2.24, 2.45) is 0 Å². The van der Waals surface area contributed by atoms with E-state index in [1.807, 2.05) is 31.2 Å². The first-order chi connectivity index (χ1) is 10.1. The molecular formula is C15H14N4OS. The van der Waals surface area contributed by atoms with Crippen molar-refractivity contribution in [1.29, 1.82) is 0 Å². The van der Waals surface area contributed by atoms with Gasteiger partial charge in [0.25, 0.3) is 5.91 Å². The fourth-order valence-corrected chi connectivity index (χ4v) is 2.72. The number of nitrogen functional groups attached to an aromatic ring is 1. The third-order valence-electron chi connectivity index (χ3n) is 2.99. The van der Waals surface area contributed by atoms with Crippen LogP contribution in [0, 0.1) is 6.92 Å². The van der Waals surface area contributed by atoms with Crippen molar-refractivity contribution in [1.82, 2.24) is 9.78 Å². The second-order valence-corrected chi connectivity index (χ2v) is 5.87. The topological polar surface area (TPSA) is 72.9 Å². The monoisotopic (exact) mass is 298 g/mol. The van der Waals surface area contributed by atoms with E-state index in [4.69, 9.17) is 5.73 Å². The molecule has 0 radical (unpaired) electrons. The van der Waals surface area contributed by atoms with E-state index in [0.29, 0.717) is 16.4 Å². The zero-order valence-corrected chi connectivity index (χ0v) is 12.2. The van der Waals surface area contributed by atoms with Gasteiger partial charge in [-0.1, -0.05) is 0 Å². The van der Waals surface area contributed by atoms with Crippen LogP contribution in [0.4, 0.5) is 11.5 Å². The Balaban J connectivity index is 1.86. The van der Waals surface area contributed by atoms with Crippen molar-refractivity contribution in [2.75, 3.05) is 11.1 Å². The molecule has 2 aromatic heterocycles. The average Bonchev–Trinajstić information content (AvgIpc) is 3.09. The number of amides is 1. The maximum atomic E-state index is 12.2. The lowest BCUT2D eigenvalue weighted by atomic mass is 10.3. The van der Waals surface area contributed by atoms with Crippen LogP contribution in [0.5, 0.6) is 0 Å². The largest absolute Gasteiger partial charge is 0.399 e. The molecule has 0 unspecified atom stereocenters. The Labute approximate surface area is 126 Å². The molecule has 0 saturated heterocycles. The van der Waals surface area contributed by atoms with Gasteiger partial charge in [-0.05, 0) is 43.3 Å². The lowest BCUT2D eigenvalue weighted by Crippen LogP contribution is -2.13. The summed E-state index contributed by atoms with van der Waals surface area (Å²) in [5.41, 5.74) is 7.20. The van der Waals surface area contributed by atoms with Crippen LogP contribution in [0.1, 0.15) is 14.5 Å². The van der Waals surface area contributed by atoms with Gasteiger partial charge in [0.05, 0.1) is 16.8 Å². The van der Waals surface area contributed by atoms with Gasteiger partial charge in [0, 0.05) is 16.6 Å². The smallest absolute Gasteiger partial charge is 0.266 e. The molecule has 0 bridgehead atoms. The number of carbonyl (C=O) groups excluding carboxylic acids is 1. The van der Waals surface area contributed by atoms with Crippen LogP contribution in [-0.2, 0) is 0 Å². The molecule has 6 heteroatoms. The van der Waals surface area contributed by atoms with Gasteiger partial charge in [-0.15, -0.1) is 11.3 Å². The molecule has 3 N–H and O–H groups in total. The van der Waals surface area contributed by atoms with Crippen LogP contribution < -0.4 is 11.1 Å². The standard InChI is InChI=1S/C15H14N4OS/c1-10-2-7-13(21-10)15(20)18-14-8-9-17-19(14)12-5-3-11(16)4-6-12/h2-9H,16H2,1H3,(H,18,20). The van der Waals surface area contributed by atoms with Gasteiger partial charge < -0.3 is 11.1 Å². The summed E-state index contributed by atoms with van der Waals surface area (Å²) in [6.07, 6.45) is 1.64.